The Kier molecular flexibility index (Phi) is 5.02. The highest BCUT2D eigenvalue weighted by Gasteiger charge is 2.35. The van der Waals surface area contributed by atoms with Gasteiger partial charge in [-0.3, -0.25) is 4.79 Å². The first kappa shape index (κ1) is 16.3. The van der Waals surface area contributed by atoms with E-state index in [4.69, 9.17) is 0 Å². The van der Waals surface area contributed by atoms with E-state index in [0.717, 1.165) is 17.5 Å². The van der Waals surface area contributed by atoms with Gasteiger partial charge in [0.15, 0.2) is 0 Å². The molecule has 2 aromatic rings. The fourth-order valence-corrected chi connectivity index (χ4v) is 2.79. The average Bonchev–Trinajstić information content (AvgIpc) is 2.48. The zero-order valence-corrected chi connectivity index (χ0v) is 13.5. The van der Waals surface area contributed by atoms with E-state index >= 15 is 0 Å². The van der Waals surface area contributed by atoms with Crippen LogP contribution in [0.3, 0.4) is 0 Å². The highest BCUT2D eigenvalue weighted by molar-refractivity contribution is 5.81. The second kappa shape index (κ2) is 6.78. The number of rotatable bonds is 6. The van der Waals surface area contributed by atoms with Crippen molar-refractivity contribution in [2.75, 3.05) is 0 Å². The van der Waals surface area contributed by atoms with E-state index in [1.165, 1.54) is 5.56 Å². The van der Waals surface area contributed by atoms with E-state index in [0.29, 0.717) is 12.3 Å². The van der Waals surface area contributed by atoms with Crippen LogP contribution in [0.15, 0.2) is 54.6 Å². The smallest absolute Gasteiger partial charge is 0.314 e. The molecule has 2 heteroatoms. The Morgan fingerprint density at radius 3 is 2.09 bits per heavy atom. The molecule has 0 radical (unpaired) electrons. The monoisotopic (exact) mass is 296 g/mol. The number of carbonyl (C=O) groups is 1. The molecule has 0 spiro atoms. The van der Waals surface area contributed by atoms with Crippen LogP contribution in [-0.4, -0.2) is 11.1 Å². The molecule has 0 aliphatic rings. The quantitative estimate of drug-likeness (QED) is 0.854. The topological polar surface area (TPSA) is 37.3 Å². The average molecular weight is 296 g/mol. The lowest BCUT2D eigenvalue weighted by Gasteiger charge is -2.26. The molecule has 2 aromatic carbocycles. The third-order valence-corrected chi connectivity index (χ3v) is 4.11. The SMILES string of the molecule is CC(C)Cc1ccc(C(C)(Cc2ccccc2)C(=O)O)cc1. The van der Waals surface area contributed by atoms with Crippen molar-refractivity contribution in [2.24, 2.45) is 5.92 Å². The molecular weight excluding hydrogens is 272 g/mol. The van der Waals surface area contributed by atoms with Gasteiger partial charge in [0.1, 0.15) is 0 Å². The Hall–Kier alpha value is -2.09. The molecule has 2 rings (SSSR count). The number of hydrogen-bond acceptors (Lipinski definition) is 1. The van der Waals surface area contributed by atoms with Crippen LogP contribution in [0, 0.1) is 5.92 Å². The zero-order valence-electron chi connectivity index (χ0n) is 13.5. The number of carboxylic acids is 1. The molecule has 0 saturated heterocycles. The molecule has 0 fully saturated rings. The van der Waals surface area contributed by atoms with Crippen LogP contribution in [0.5, 0.6) is 0 Å². The molecule has 0 saturated carbocycles. The highest BCUT2D eigenvalue weighted by atomic mass is 16.4. The van der Waals surface area contributed by atoms with Gasteiger partial charge in [-0.05, 0) is 42.4 Å². The second-order valence-corrected chi connectivity index (χ2v) is 6.59. The van der Waals surface area contributed by atoms with Gasteiger partial charge in [0.25, 0.3) is 0 Å². The third kappa shape index (κ3) is 3.76. The first-order valence-electron chi connectivity index (χ1n) is 7.78. The summed E-state index contributed by atoms with van der Waals surface area (Å²) in [6.07, 6.45) is 1.51. The zero-order chi connectivity index (χ0) is 16.2. The summed E-state index contributed by atoms with van der Waals surface area (Å²) in [5.74, 6) is -0.186. The molecule has 0 heterocycles. The summed E-state index contributed by atoms with van der Waals surface area (Å²) < 4.78 is 0. The Labute approximate surface area is 132 Å². The van der Waals surface area contributed by atoms with Crippen LogP contribution < -0.4 is 0 Å². The maximum absolute atomic E-state index is 11.9. The minimum atomic E-state index is -0.905. The van der Waals surface area contributed by atoms with Crippen molar-refractivity contribution in [3.8, 4) is 0 Å². The number of carboxylic acid groups (broad SMARTS) is 1. The van der Waals surface area contributed by atoms with E-state index in [1.807, 2.05) is 42.5 Å². The van der Waals surface area contributed by atoms with Crippen molar-refractivity contribution in [1.82, 2.24) is 0 Å². The molecule has 0 aliphatic heterocycles. The van der Waals surface area contributed by atoms with Gasteiger partial charge in [-0.1, -0.05) is 68.4 Å². The highest BCUT2D eigenvalue weighted by Crippen LogP contribution is 2.29. The first-order chi connectivity index (χ1) is 10.4. The predicted octanol–water partition coefficient (Wildman–Crippen LogP) is 4.47. The van der Waals surface area contributed by atoms with Gasteiger partial charge in [-0.15, -0.1) is 0 Å². The normalized spacial score (nSPS) is 13.8. The van der Waals surface area contributed by atoms with Gasteiger partial charge in [0.05, 0.1) is 5.41 Å². The van der Waals surface area contributed by atoms with Crippen LogP contribution in [0.25, 0.3) is 0 Å². The van der Waals surface area contributed by atoms with Gasteiger partial charge in [0, 0.05) is 0 Å². The molecule has 22 heavy (non-hydrogen) atoms. The largest absolute Gasteiger partial charge is 0.481 e. The van der Waals surface area contributed by atoms with Crippen molar-refractivity contribution in [3.05, 3.63) is 71.3 Å². The molecule has 2 nitrogen and oxygen atoms in total. The molecule has 116 valence electrons. The maximum Gasteiger partial charge on any atom is 0.314 e. The van der Waals surface area contributed by atoms with E-state index in [-0.39, 0.29) is 0 Å². The molecule has 1 N–H and O–H groups in total. The summed E-state index contributed by atoms with van der Waals surface area (Å²) in [6, 6.07) is 17.9. The van der Waals surface area contributed by atoms with Gasteiger partial charge in [-0.25, -0.2) is 0 Å². The van der Waals surface area contributed by atoms with E-state index < -0.39 is 11.4 Å². The van der Waals surface area contributed by atoms with Crippen LogP contribution in [0.4, 0.5) is 0 Å². The standard InChI is InChI=1S/C20H24O2/c1-15(2)13-16-9-11-18(12-10-16)20(3,19(21)22)14-17-7-5-4-6-8-17/h4-12,15H,13-14H2,1-3H3,(H,21,22). The third-order valence-electron chi connectivity index (χ3n) is 4.11. The first-order valence-corrected chi connectivity index (χ1v) is 7.78. The van der Waals surface area contributed by atoms with Gasteiger partial charge in [-0.2, -0.15) is 0 Å². The molecule has 1 atom stereocenters. The summed E-state index contributed by atoms with van der Waals surface area (Å²) in [5.41, 5.74) is 2.25. The molecule has 1 unspecified atom stereocenters. The maximum atomic E-state index is 11.9. The van der Waals surface area contributed by atoms with E-state index in [1.54, 1.807) is 6.92 Å². The number of benzene rings is 2. The summed E-state index contributed by atoms with van der Waals surface area (Å²) in [7, 11) is 0. The van der Waals surface area contributed by atoms with Crippen molar-refractivity contribution in [1.29, 1.82) is 0 Å². The van der Waals surface area contributed by atoms with Gasteiger partial charge in [0.2, 0.25) is 0 Å². The number of hydrogen-bond donors (Lipinski definition) is 1. The predicted molar refractivity (Wildman–Crippen MR) is 90.1 cm³/mol. The lowest BCUT2D eigenvalue weighted by atomic mass is 9.77. The van der Waals surface area contributed by atoms with Crippen LogP contribution >= 0.6 is 0 Å². The van der Waals surface area contributed by atoms with E-state index in [2.05, 4.69) is 26.0 Å². The summed E-state index contributed by atoms with van der Waals surface area (Å²) in [6.45, 7) is 6.18. The minimum Gasteiger partial charge on any atom is -0.481 e. The molecule has 0 aliphatic carbocycles. The summed E-state index contributed by atoms with van der Waals surface area (Å²) in [5, 5.41) is 9.76. The molecule has 0 bridgehead atoms. The van der Waals surface area contributed by atoms with Gasteiger partial charge < -0.3 is 5.11 Å². The molecule has 0 amide bonds. The van der Waals surface area contributed by atoms with Crippen molar-refractivity contribution in [3.63, 3.8) is 0 Å². The summed E-state index contributed by atoms with van der Waals surface area (Å²) in [4.78, 5) is 11.9. The Bertz CT molecular complexity index is 614. The Morgan fingerprint density at radius 1 is 1.00 bits per heavy atom. The Balaban J connectivity index is 2.29. The van der Waals surface area contributed by atoms with Crippen LogP contribution in [0.1, 0.15) is 37.5 Å². The molecular formula is C20H24O2. The van der Waals surface area contributed by atoms with Gasteiger partial charge >= 0.3 is 5.97 Å². The van der Waals surface area contributed by atoms with Crippen molar-refractivity contribution >= 4 is 5.97 Å². The fraction of sp³-hybridized carbons (Fsp3) is 0.350. The van der Waals surface area contributed by atoms with E-state index in [9.17, 15) is 9.90 Å². The minimum absolute atomic E-state index is 0.493. The van der Waals surface area contributed by atoms with Crippen molar-refractivity contribution in [2.45, 2.75) is 39.0 Å². The number of aliphatic carboxylic acids is 1. The summed E-state index contributed by atoms with van der Waals surface area (Å²) >= 11 is 0. The molecule has 0 aromatic heterocycles. The lowest BCUT2D eigenvalue weighted by Crippen LogP contribution is -2.34. The lowest BCUT2D eigenvalue weighted by molar-refractivity contribution is -0.143. The van der Waals surface area contributed by atoms with Crippen molar-refractivity contribution < 1.29 is 9.90 Å². The fourth-order valence-electron chi connectivity index (χ4n) is 2.79. The second-order valence-electron chi connectivity index (χ2n) is 6.59. The van der Waals surface area contributed by atoms with Crippen LogP contribution in [-0.2, 0) is 23.1 Å². The van der Waals surface area contributed by atoms with Crippen LogP contribution in [0.2, 0.25) is 0 Å². The Morgan fingerprint density at radius 2 is 1.59 bits per heavy atom.